The Morgan fingerprint density at radius 1 is 1.33 bits per heavy atom. The number of carboxylic acids is 1. The van der Waals surface area contributed by atoms with Crippen LogP contribution in [-0.2, 0) is 4.79 Å². The summed E-state index contributed by atoms with van der Waals surface area (Å²) in [5.74, 6) is -1.10. The van der Waals surface area contributed by atoms with Crippen molar-refractivity contribution in [1.82, 2.24) is 5.32 Å². The van der Waals surface area contributed by atoms with Crippen LogP contribution >= 0.6 is 0 Å². The second-order valence-electron chi connectivity index (χ2n) is 4.38. The summed E-state index contributed by atoms with van der Waals surface area (Å²) >= 11 is 0. The first kappa shape index (κ1) is 12.6. The molecular weight excluding hydrogens is 232 g/mol. The summed E-state index contributed by atoms with van der Waals surface area (Å²) in [6, 6.07) is 6.09. The van der Waals surface area contributed by atoms with Crippen LogP contribution in [0.25, 0.3) is 0 Å². The molecule has 2 rings (SSSR count). The number of anilines is 1. The van der Waals surface area contributed by atoms with E-state index in [-0.39, 0.29) is 17.5 Å². The molecule has 1 fully saturated rings. The molecule has 0 radical (unpaired) electrons. The highest BCUT2D eigenvalue weighted by Gasteiger charge is 2.20. The van der Waals surface area contributed by atoms with E-state index < -0.39 is 5.97 Å². The zero-order valence-corrected chi connectivity index (χ0v) is 9.98. The Balaban J connectivity index is 2.02. The van der Waals surface area contributed by atoms with Crippen molar-refractivity contribution in [2.75, 3.05) is 11.9 Å². The van der Waals surface area contributed by atoms with Crippen LogP contribution in [0.5, 0.6) is 0 Å². The highest BCUT2D eigenvalue weighted by atomic mass is 16.4. The minimum atomic E-state index is -0.998. The smallest absolute Gasteiger partial charge is 0.335 e. The van der Waals surface area contributed by atoms with Crippen LogP contribution in [0.1, 0.15) is 29.6 Å². The van der Waals surface area contributed by atoms with E-state index >= 15 is 0 Å². The Labute approximate surface area is 105 Å². The fourth-order valence-corrected chi connectivity index (χ4v) is 2.03. The Morgan fingerprint density at radius 2 is 2.17 bits per heavy atom. The number of aromatic carboxylic acids is 1. The maximum absolute atomic E-state index is 11.9. The van der Waals surface area contributed by atoms with Crippen LogP contribution in [0, 0.1) is 0 Å². The van der Waals surface area contributed by atoms with Crippen molar-refractivity contribution in [1.29, 1.82) is 0 Å². The lowest BCUT2D eigenvalue weighted by Crippen LogP contribution is -2.43. The molecule has 5 heteroatoms. The second kappa shape index (κ2) is 5.64. The van der Waals surface area contributed by atoms with E-state index in [0.717, 1.165) is 25.8 Å². The van der Waals surface area contributed by atoms with Crippen LogP contribution in [0.2, 0.25) is 0 Å². The first-order chi connectivity index (χ1) is 8.66. The number of hydrogen-bond donors (Lipinski definition) is 3. The van der Waals surface area contributed by atoms with Crippen molar-refractivity contribution in [2.45, 2.75) is 25.3 Å². The Morgan fingerprint density at radius 3 is 2.83 bits per heavy atom. The quantitative estimate of drug-likeness (QED) is 0.756. The van der Waals surface area contributed by atoms with Crippen molar-refractivity contribution < 1.29 is 14.7 Å². The predicted molar refractivity (Wildman–Crippen MR) is 67.7 cm³/mol. The van der Waals surface area contributed by atoms with E-state index in [2.05, 4.69) is 10.6 Å². The number of carbonyl (C=O) groups is 2. The van der Waals surface area contributed by atoms with Gasteiger partial charge < -0.3 is 15.7 Å². The number of carbonyl (C=O) groups excluding carboxylic acids is 1. The molecule has 1 aromatic carbocycles. The van der Waals surface area contributed by atoms with Crippen LogP contribution < -0.4 is 10.6 Å². The van der Waals surface area contributed by atoms with Gasteiger partial charge in [-0.05, 0) is 37.6 Å². The van der Waals surface area contributed by atoms with Gasteiger partial charge >= 0.3 is 5.97 Å². The fourth-order valence-electron chi connectivity index (χ4n) is 2.03. The van der Waals surface area contributed by atoms with Gasteiger partial charge in [-0.1, -0.05) is 12.5 Å². The molecule has 1 atom stereocenters. The summed E-state index contributed by atoms with van der Waals surface area (Å²) in [6.45, 7) is 0.854. The number of rotatable bonds is 3. The van der Waals surface area contributed by atoms with Gasteiger partial charge in [0.2, 0.25) is 5.91 Å². The summed E-state index contributed by atoms with van der Waals surface area (Å²) in [4.78, 5) is 22.7. The highest BCUT2D eigenvalue weighted by molar-refractivity contribution is 5.96. The highest BCUT2D eigenvalue weighted by Crippen LogP contribution is 2.13. The first-order valence-corrected chi connectivity index (χ1v) is 6.04. The van der Waals surface area contributed by atoms with Crippen molar-refractivity contribution in [3.05, 3.63) is 29.8 Å². The molecule has 3 N–H and O–H groups in total. The number of carboxylic acid groups (broad SMARTS) is 1. The lowest BCUT2D eigenvalue weighted by atomic mass is 10.0. The maximum atomic E-state index is 11.9. The molecule has 5 nitrogen and oxygen atoms in total. The molecule has 0 spiro atoms. The van der Waals surface area contributed by atoms with E-state index in [1.54, 1.807) is 12.1 Å². The van der Waals surface area contributed by atoms with Gasteiger partial charge in [-0.2, -0.15) is 0 Å². The van der Waals surface area contributed by atoms with Gasteiger partial charge in [0.05, 0.1) is 11.6 Å². The minimum absolute atomic E-state index is 0.0998. The van der Waals surface area contributed by atoms with E-state index in [1.807, 2.05) is 0 Å². The molecule has 0 saturated carbocycles. The average molecular weight is 248 g/mol. The molecule has 0 aliphatic carbocycles. The van der Waals surface area contributed by atoms with Crippen molar-refractivity contribution in [2.24, 2.45) is 0 Å². The summed E-state index contributed by atoms with van der Waals surface area (Å²) < 4.78 is 0. The molecular formula is C13H16N2O3. The van der Waals surface area contributed by atoms with E-state index in [1.165, 1.54) is 12.1 Å². The lowest BCUT2D eigenvalue weighted by Gasteiger charge is -2.22. The zero-order valence-electron chi connectivity index (χ0n) is 9.98. The van der Waals surface area contributed by atoms with Gasteiger partial charge in [-0.3, -0.25) is 4.79 Å². The van der Waals surface area contributed by atoms with Crippen molar-refractivity contribution in [3.8, 4) is 0 Å². The molecule has 1 amide bonds. The Kier molecular flexibility index (Phi) is 3.94. The third-order valence-electron chi connectivity index (χ3n) is 3.00. The zero-order chi connectivity index (χ0) is 13.0. The van der Waals surface area contributed by atoms with Crippen molar-refractivity contribution >= 4 is 17.6 Å². The van der Waals surface area contributed by atoms with Crippen LogP contribution in [0.15, 0.2) is 24.3 Å². The van der Waals surface area contributed by atoms with E-state index in [4.69, 9.17) is 5.11 Å². The minimum Gasteiger partial charge on any atom is -0.478 e. The SMILES string of the molecule is O=C(O)c1cccc(NC(=O)[C@@H]2CCCCN2)c1. The van der Waals surface area contributed by atoms with Gasteiger partial charge in [-0.25, -0.2) is 4.79 Å². The second-order valence-corrected chi connectivity index (χ2v) is 4.38. The summed E-state index contributed by atoms with van der Waals surface area (Å²) in [7, 11) is 0. The molecule has 1 aliphatic rings. The predicted octanol–water partition coefficient (Wildman–Crippen LogP) is 1.47. The molecule has 18 heavy (non-hydrogen) atoms. The van der Waals surface area contributed by atoms with Crippen LogP contribution in [0.4, 0.5) is 5.69 Å². The molecule has 0 aromatic heterocycles. The summed E-state index contributed by atoms with van der Waals surface area (Å²) in [5.41, 5.74) is 0.691. The Bertz CT molecular complexity index is 453. The molecule has 1 aromatic rings. The third-order valence-corrected chi connectivity index (χ3v) is 3.00. The number of hydrogen-bond acceptors (Lipinski definition) is 3. The van der Waals surface area contributed by atoms with Crippen molar-refractivity contribution in [3.63, 3.8) is 0 Å². The van der Waals surface area contributed by atoms with Gasteiger partial charge in [0.25, 0.3) is 0 Å². The summed E-state index contributed by atoms with van der Waals surface area (Å²) in [6.07, 6.45) is 2.96. The molecule has 96 valence electrons. The van der Waals surface area contributed by atoms with Gasteiger partial charge in [-0.15, -0.1) is 0 Å². The van der Waals surface area contributed by atoms with Crippen LogP contribution in [-0.4, -0.2) is 29.6 Å². The topological polar surface area (TPSA) is 78.4 Å². The molecule has 1 saturated heterocycles. The van der Waals surface area contributed by atoms with Gasteiger partial charge in [0, 0.05) is 5.69 Å². The number of nitrogens with one attached hydrogen (secondary N) is 2. The molecule has 0 bridgehead atoms. The third kappa shape index (κ3) is 3.07. The first-order valence-electron chi connectivity index (χ1n) is 6.04. The number of benzene rings is 1. The van der Waals surface area contributed by atoms with E-state index in [9.17, 15) is 9.59 Å². The average Bonchev–Trinajstić information content (AvgIpc) is 2.40. The number of piperidine rings is 1. The van der Waals surface area contributed by atoms with E-state index in [0.29, 0.717) is 5.69 Å². The molecule has 0 unspecified atom stereocenters. The standard InChI is InChI=1S/C13H16N2O3/c16-12(11-6-1-2-7-14-11)15-10-5-3-4-9(8-10)13(17)18/h3-5,8,11,14H,1-2,6-7H2,(H,15,16)(H,17,18)/t11-/m0/s1. The monoisotopic (exact) mass is 248 g/mol. The molecule has 1 aliphatic heterocycles. The lowest BCUT2D eigenvalue weighted by molar-refractivity contribution is -0.118. The normalized spacial score (nSPS) is 19.2. The van der Waals surface area contributed by atoms with Crippen LogP contribution in [0.3, 0.4) is 0 Å². The molecule has 1 heterocycles. The van der Waals surface area contributed by atoms with Gasteiger partial charge in [0.1, 0.15) is 0 Å². The maximum Gasteiger partial charge on any atom is 0.335 e. The summed E-state index contributed by atoms with van der Waals surface area (Å²) in [5, 5.41) is 14.8. The fraction of sp³-hybridized carbons (Fsp3) is 0.385. The number of amides is 1. The van der Waals surface area contributed by atoms with Gasteiger partial charge in [0.15, 0.2) is 0 Å². The largest absolute Gasteiger partial charge is 0.478 e. The Hall–Kier alpha value is -1.88.